The highest BCUT2D eigenvalue weighted by Crippen LogP contribution is 2.49. The molecule has 3 aliphatic rings. The average Bonchev–Trinajstić information content (AvgIpc) is 0.755. The van der Waals surface area contributed by atoms with Crippen molar-refractivity contribution in [3.05, 3.63) is 24.3 Å². The Kier molecular flexibility index (Phi) is 63.2. The van der Waals surface area contributed by atoms with E-state index >= 15 is 0 Å². The quantitative estimate of drug-likeness (QED) is 0.00889. The van der Waals surface area contributed by atoms with Gasteiger partial charge >= 0.3 is 31.7 Å². The maximum Gasteiger partial charge on any atom is 0.472 e. The molecule has 2 heterocycles. The fraction of sp³-hybridized carbons (Fsp3) is 0.910. The zero-order valence-electron chi connectivity index (χ0n) is 71.6. The molecule has 674 valence electrons. The first-order valence-corrected chi connectivity index (χ1v) is 47.6. The van der Waals surface area contributed by atoms with Gasteiger partial charge in [-0.2, -0.15) is 0 Å². The Morgan fingerprint density at radius 3 is 1.04 bits per heavy atom. The van der Waals surface area contributed by atoms with E-state index in [0.29, 0.717) is 32.1 Å². The molecule has 18 unspecified atom stereocenters. The number of phosphoric acid groups is 1. The Bertz CT molecular complexity index is 2490. The third-order valence-electron chi connectivity index (χ3n) is 22.4. The highest BCUT2D eigenvalue weighted by Gasteiger charge is 2.60. The van der Waals surface area contributed by atoms with Crippen molar-refractivity contribution in [2.45, 2.75) is 491 Å². The lowest BCUT2D eigenvalue weighted by Crippen LogP contribution is -2.70. The second kappa shape index (κ2) is 68.5. The molecule has 2 saturated heterocycles. The van der Waals surface area contributed by atoms with Crippen molar-refractivity contribution in [1.29, 1.82) is 0 Å². The van der Waals surface area contributed by atoms with Crippen LogP contribution in [-0.4, -0.2) is 205 Å². The van der Waals surface area contributed by atoms with Crippen LogP contribution in [0.25, 0.3) is 0 Å². The molecule has 115 heavy (non-hydrogen) atoms. The van der Waals surface area contributed by atoms with Crippen molar-refractivity contribution >= 4 is 31.7 Å². The fourth-order valence-corrected chi connectivity index (χ4v) is 16.0. The highest BCUT2D eigenvalue weighted by molar-refractivity contribution is 7.47. The predicted octanol–water partition coefficient (Wildman–Crippen LogP) is 16.5. The number of rotatable bonds is 74. The van der Waals surface area contributed by atoms with Crippen LogP contribution in [-0.2, 0) is 70.7 Å². The fourth-order valence-electron chi connectivity index (χ4n) is 15.1. The van der Waals surface area contributed by atoms with Gasteiger partial charge in [0.25, 0.3) is 0 Å². The Balaban J connectivity index is 1.92. The lowest BCUT2D eigenvalue weighted by atomic mass is 9.84. The smallest absolute Gasteiger partial charge is 0.463 e. The molecule has 26 heteroatoms. The van der Waals surface area contributed by atoms with Crippen molar-refractivity contribution in [3.63, 3.8) is 0 Å². The van der Waals surface area contributed by atoms with Crippen LogP contribution in [0.4, 0.5) is 0 Å². The normalized spacial score (nSPS) is 25.3. The van der Waals surface area contributed by atoms with Gasteiger partial charge in [0.15, 0.2) is 24.8 Å². The van der Waals surface area contributed by atoms with Crippen LogP contribution >= 0.6 is 7.82 Å². The van der Waals surface area contributed by atoms with E-state index in [-0.39, 0.29) is 25.7 Å². The van der Waals surface area contributed by atoms with Crippen LogP contribution in [0.3, 0.4) is 0 Å². The maximum atomic E-state index is 14.9. The molecule has 0 spiro atoms. The summed E-state index contributed by atoms with van der Waals surface area (Å²) in [6, 6.07) is 0. The molecule has 0 aromatic rings. The highest BCUT2D eigenvalue weighted by atomic mass is 31.2. The number of esters is 4. The molecule has 25 nitrogen and oxygen atoms in total. The summed E-state index contributed by atoms with van der Waals surface area (Å²) in [6.45, 7) is 5.56. The molecule has 0 radical (unpaired) electrons. The third-order valence-corrected chi connectivity index (χ3v) is 23.4. The van der Waals surface area contributed by atoms with Crippen molar-refractivity contribution in [2.75, 3.05) is 26.4 Å². The van der Waals surface area contributed by atoms with Crippen molar-refractivity contribution < 1.29 is 122 Å². The molecule has 2 aliphatic heterocycles. The number of hydrogen-bond donors (Lipinski definition) is 10. The molecule has 3 rings (SSSR count). The van der Waals surface area contributed by atoms with Gasteiger partial charge < -0.3 is 88.7 Å². The van der Waals surface area contributed by atoms with Crippen LogP contribution in [0.2, 0.25) is 0 Å². The van der Waals surface area contributed by atoms with E-state index in [1.54, 1.807) is 0 Å². The van der Waals surface area contributed by atoms with Gasteiger partial charge in [0.1, 0.15) is 92.6 Å². The van der Waals surface area contributed by atoms with E-state index in [0.717, 1.165) is 167 Å². The largest absolute Gasteiger partial charge is 0.472 e. The summed E-state index contributed by atoms with van der Waals surface area (Å²) in [6.07, 6.45) is 27.5. The molecule has 1 aliphatic carbocycles. The molecule has 0 aromatic carbocycles. The molecular weight excluding hydrogens is 1500 g/mol. The number of carbonyl (C=O) groups is 4. The summed E-state index contributed by atoms with van der Waals surface area (Å²) in [7, 11) is -5.80. The summed E-state index contributed by atoms with van der Waals surface area (Å²) in [5.41, 5.74) is 0. The summed E-state index contributed by atoms with van der Waals surface area (Å²) >= 11 is 0. The van der Waals surface area contributed by atoms with Gasteiger partial charge in [-0.1, -0.05) is 309 Å². The van der Waals surface area contributed by atoms with E-state index in [9.17, 15) is 74.6 Å². The van der Waals surface area contributed by atoms with Gasteiger partial charge in [0.05, 0.1) is 13.2 Å². The minimum atomic E-state index is -5.80. The standard InChI is InChI=1S/C89H163O25P/c1-5-9-13-17-21-25-29-33-35-39-41-45-49-53-57-61-72(91)105-66-69(108-74(93)63-59-55-51-47-43-37-31-27-23-19-15-11-7-3)67-107-115(103,104)114-87-85(112-88-82(101)78(97)76(95)70(65-90)109-88)81(100)80(99)84(111-75(94)64-60-56-52-48-44-38-32-28-24-20-16-12-8-4)86(87)113-89-83(102)79(98)77(96)71(110-89)68-106-73(92)62-58-54-50-46-42-40-36-34-30-26-22-18-14-10-6-2/h25-26,29-30,69-71,76-90,95-102H,5-24,27-28,31-68H2,1-4H3,(H,103,104)/b29-25-,30-26-. The van der Waals surface area contributed by atoms with Gasteiger partial charge in [-0.25, -0.2) is 4.57 Å². The molecule has 1 saturated carbocycles. The van der Waals surface area contributed by atoms with E-state index in [1.807, 2.05) is 0 Å². The molecule has 0 bridgehead atoms. The first-order chi connectivity index (χ1) is 55.7. The first kappa shape index (κ1) is 106. The lowest BCUT2D eigenvalue weighted by molar-refractivity contribution is -0.360. The summed E-state index contributed by atoms with van der Waals surface area (Å²) < 4.78 is 73.3. The summed E-state index contributed by atoms with van der Waals surface area (Å²) in [5, 5.41) is 102. The Labute approximate surface area is 692 Å². The second-order valence-corrected chi connectivity index (χ2v) is 34.2. The van der Waals surface area contributed by atoms with Crippen LogP contribution in [0, 0.1) is 0 Å². The number of hydrogen-bond acceptors (Lipinski definition) is 24. The monoisotopic (exact) mass is 1660 g/mol. The van der Waals surface area contributed by atoms with E-state index in [1.165, 1.54) is 135 Å². The van der Waals surface area contributed by atoms with Gasteiger partial charge in [-0.05, 0) is 77.0 Å². The number of carbonyl (C=O) groups excluding carboxylic acids is 4. The summed E-state index contributed by atoms with van der Waals surface area (Å²) in [4.78, 5) is 66.4. The minimum absolute atomic E-state index is 0.00986. The van der Waals surface area contributed by atoms with E-state index < -0.39 is 162 Å². The summed E-state index contributed by atoms with van der Waals surface area (Å²) in [5.74, 6) is -2.97. The van der Waals surface area contributed by atoms with Gasteiger partial charge in [-0.15, -0.1) is 0 Å². The Morgan fingerprint density at radius 2 is 0.652 bits per heavy atom. The lowest BCUT2D eigenvalue weighted by Gasteiger charge is -2.50. The molecule has 10 N–H and O–H groups in total. The molecule has 18 atom stereocenters. The SMILES string of the molecule is CCCCCC/C=C\CCCCCCCCCC(=O)OCC(COP(=O)(O)OC1C(OC2OC(CO)C(O)C(O)C2O)C(O)C(O)C(OC(=O)CCCCCCCCCCCCCCC)C1OC1OC(COC(=O)CCCCCCCCC/C=C\CCCCCC)C(O)C(O)C1O)OC(=O)CCCCCCCCCCCCCCC. The Hall–Kier alpha value is -3.05. The van der Waals surface area contributed by atoms with Gasteiger partial charge in [0, 0.05) is 25.7 Å². The number of ether oxygens (including phenoxy) is 8. The first-order valence-electron chi connectivity index (χ1n) is 46.1. The van der Waals surface area contributed by atoms with Crippen LogP contribution in [0.15, 0.2) is 24.3 Å². The zero-order valence-corrected chi connectivity index (χ0v) is 72.5. The third kappa shape index (κ3) is 49.0. The average molecular weight is 1660 g/mol. The van der Waals surface area contributed by atoms with E-state index in [2.05, 4.69) is 52.0 Å². The molecular formula is C89H163O25P. The molecule has 3 fully saturated rings. The number of allylic oxidation sites excluding steroid dienone is 4. The number of phosphoric ester groups is 1. The van der Waals surface area contributed by atoms with Crippen LogP contribution in [0.5, 0.6) is 0 Å². The number of unbranched alkanes of at least 4 members (excludes halogenated alkanes) is 46. The predicted molar refractivity (Wildman–Crippen MR) is 444 cm³/mol. The van der Waals surface area contributed by atoms with Crippen molar-refractivity contribution in [3.8, 4) is 0 Å². The molecule has 0 aromatic heterocycles. The van der Waals surface area contributed by atoms with E-state index in [4.69, 9.17) is 46.9 Å². The minimum Gasteiger partial charge on any atom is -0.463 e. The van der Waals surface area contributed by atoms with Crippen molar-refractivity contribution in [2.24, 2.45) is 0 Å². The number of aliphatic hydroxyl groups is 9. The van der Waals surface area contributed by atoms with Gasteiger partial charge in [0.2, 0.25) is 0 Å². The maximum absolute atomic E-state index is 14.9. The van der Waals surface area contributed by atoms with Crippen molar-refractivity contribution in [1.82, 2.24) is 0 Å². The second-order valence-electron chi connectivity index (χ2n) is 32.8. The van der Waals surface area contributed by atoms with Crippen LogP contribution in [0.1, 0.15) is 387 Å². The number of aliphatic hydroxyl groups excluding tert-OH is 9. The molecule has 0 amide bonds. The topological polar surface area (TPSA) is 380 Å². The Morgan fingerprint density at radius 1 is 0.339 bits per heavy atom. The zero-order chi connectivity index (χ0) is 84.0. The van der Waals surface area contributed by atoms with Gasteiger partial charge in [-0.3, -0.25) is 28.2 Å². The van der Waals surface area contributed by atoms with Crippen LogP contribution < -0.4 is 0 Å².